The van der Waals surface area contributed by atoms with Crippen LogP contribution >= 0.6 is 0 Å². The number of ether oxygens (including phenoxy) is 1. The lowest BCUT2D eigenvalue weighted by Crippen LogP contribution is -2.41. The smallest absolute Gasteiger partial charge is 0.337 e. The van der Waals surface area contributed by atoms with Gasteiger partial charge in [0.05, 0.1) is 17.0 Å². The molecule has 3 heterocycles. The number of nitrogens with zero attached hydrogens (tertiary/aromatic N) is 4. The second kappa shape index (κ2) is 8.01. The number of hydrogen-bond acceptors (Lipinski definition) is 6. The van der Waals surface area contributed by atoms with Crippen LogP contribution in [0.4, 0.5) is 0 Å². The molecule has 2 aromatic rings. The lowest BCUT2D eigenvalue weighted by Gasteiger charge is -2.32. The van der Waals surface area contributed by atoms with Gasteiger partial charge in [-0.05, 0) is 18.9 Å². The second-order valence-corrected chi connectivity index (χ2v) is 6.17. The van der Waals surface area contributed by atoms with E-state index in [9.17, 15) is 14.7 Å². The number of aromatic carboxylic acids is 1. The SMILES string of the molecule is COCC(=O)N1CCCC(c2nccnc2-c2cncc(C(=O)O)c2)C1. The molecule has 0 spiro atoms. The molecule has 3 rings (SSSR count). The molecular formula is C18H20N4O4. The minimum atomic E-state index is -1.04. The molecule has 1 aliphatic heterocycles. The summed E-state index contributed by atoms with van der Waals surface area (Å²) in [6, 6.07) is 1.54. The van der Waals surface area contributed by atoms with Gasteiger partial charge in [-0.25, -0.2) is 4.79 Å². The first-order valence-corrected chi connectivity index (χ1v) is 8.36. The van der Waals surface area contributed by atoms with E-state index in [2.05, 4.69) is 15.0 Å². The first-order valence-electron chi connectivity index (χ1n) is 8.36. The molecule has 1 amide bonds. The van der Waals surface area contributed by atoms with Gasteiger partial charge >= 0.3 is 5.97 Å². The van der Waals surface area contributed by atoms with Crippen molar-refractivity contribution >= 4 is 11.9 Å². The maximum atomic E-state index is 12.1. The van der Waals surface area contributed by atoms with Gasteiger partial charge in [-0.15, -0.1) is 0 Å². The molecule has 0 aliphatic carbocycles. The zero-order chi connectivity index (χ0) is 18.5. The average Bonchev–Trinajstić information content (AvgIpc) is 2.68. The first kappa shape index (κ1) is 17.9. The van der Waals surface area contributed by atoms with Crippen molar-refractivity contribution in [2.45, 2.75) is 18.8 Å². The normalized spacial score (nSPS) is 17.1. The number of carbonyl (C=O) groups is 2. The number of carboxylic acid groups (broad SMARTS) is 1. The Morgan fingerprint density at radius 3 is 2.88 bits per heavy atom. The van der Waals surface area contributed by atoms with E-state index in [4.69, 9.17) is 4.74 Å². The van der Waals surface area contributed by atoms with E-state index in [0.29, 0.717) is 24.3 Å². The number of carbonyl (C=O) groups excluding carboxylic acids is 1. The van der Waals surface area contributed by atoms with Gasteiger partial charge in [0.25, 0.3) is 0 Å². The van der Waals surface area contributed by atoms with Crippen molar-refractivity contribution in [2.24, 2.45) is 0 Å². The molecule has 0 bridgehead atoms. The van der Waals surface area contributed by atoms with E-state index < -0.39 is 5.97 Å². The predicted octanol–water partition coefficient (Wildman–Crippen LogP) is 1.59. The van der Waals surface area contributed by atoms with Crippen molar-refractivity contribution in [2.75, 3.05) is 26.8 Å². The summed E-state index contributed by atoms with van der Waals surface area (Å²) in [4.78, 5) is 38.0. The highest BCUT2D eigenvalue weighted by Crippen LogP contribution is 2.31. The van der Waals surface area contributed by atoms with Crippen LogP contribution in [0.3, 0.4) is 0 Å². The molecule has 136 valence electrons. The fourth-order valence-electron chi connectivity index (χ4n) is 3.20. The molecule has 2 aromatic heterocycles. The minimum absolute atomic E-state index is 0.0294. The van der Waals surface area contributed by atoms with E-state index in [1.807, 2.05) is 0 Å². The Morgan fingerprint density at radius 2 is 2.12 bits per heavy atom. The Labute approximate surface area is 150 Å². The van der Waals surface area contributed by atoms with Crippen LogP contribution < -0.4 is 0 Å². The predicted molar refractivity (Wildman–Crippen MR) is 92.7 cm³/mol. The van der Waals surface area contributed by atoms with Gasteiger partial charge < -0.3 is 14.7 Å². The van der Waals surface area contributed by atoms with E-state index >= 15 is 0 Å². The molecule has 8 nitrogen and oxygen atoms in total. The van der Waals surface area contributed by atoms with Crippen LogP contribution in [-0.4, -0.2) is 63.6 Å². The van der Waals surface area contributed by atoms with Crippen molar-refractivity contribution in [3.05, 3.63) is 42.1 Å². The number of likely N-dealkylation sites (tertiary alicyclic amines) is 1. The molecule has 8 heteroatoms. The van der Waals surface area contributed by atoms with Crippen molar-refractivity contribution in [3.8, 4) is 11.3 Å². The van der Waals surface area contributed by atoms with Crippen molar-refractivity contribution in [1.82, 2.24) is 19.9 Å². The summed E-state index contributed by atoms with van der Waals surface area (Å²) in [6.07, 6.45) is 7.81. The average molecular weight is 356 g/mol. The first-order chi connectivity index (χ1) is 12.6. The maximum Gasteiger partial charge on any atom is 0.337 e. The van der Waals surface area contributed by atoms with Gasteiger partial charge in [-0.3, -0.25) is 19.7 Å². The number of rotatable bonds is 5. The van der Waals surface area contributed by atoms with Crippen LogP contribution in [0.25, 0.3) is 11.3 Å². The third-order valence-electron chi connectivity index (χ3n) is 4.41. The zero-order valence-electron chi connectivity index (χ0n) is 14.5. The summed E-state index contributed by atoms with van der Waals surface area (Å²) >= 11 is 0. The van der Waals surface area contributed by atoms with Crippen LogP contribution in [-0.2, 0) is 9.53 Å². The number of piperidine rings is 1. The maximum absolute atomic E-state index is 12.1. The summed E-state index contributed by atoms with van der Waals surface area (Å²) in [7, 11) is 1.50. The van der Waals surface area contributed by atoms with Gasteiger partial charge in [-0.1, -0.05) is 0 Å². The van der Waals surface area contributed by atoms with Crippen molar-refractivity contribution in [3.63, 3.8) is 0 Å². The van der Waals surface area contributed by atoms with E-state index in [1.54, 1.807) is 29.6 Å². The number of carboxylic acids is 1. The van der Waals surface area contributed by atoms with Gasteiger partial charge in [0, 0.05) is 56.5 Å². The molecule has 1 saturated heterocycles. The molecule has 1 atom stereocenters. The Balaban J connectivity index is 1.91. The molecule has 1 fully saturated rings. The van der Waals surface area contributed by atoms with Crippen molar-refractivity contribution < 1.29 is 19.4 Å². The van der Waals surface area contributed by atoms with E-state index in [-0.39, 0.29) is 24.0 Å². The van der Waals surface area contributed by atoms with Crippen LogP contribution in [0.2, 0.25) is 0 Å². The quantitative estimate of drug-likeness (QED) is 0.867. The van der Waals surface area contributed by atoms with Crippen LogP contribution in [0, 0.1) is 0 Å². The molecule has 1 unspecified atom stereocenters. The lowest BCUT2D eigenvalue weighted by molar-refractivity contribution is -0.136. The fourth-order valence-corrected chi connectivity index (χ4v) is 3.20. The molecule has 0 radical (unpaired) electrons. The minimum Gasteiger partial charge on any atom is -0.478 e. The Kier molecular flexibility index (Phi) is 5.52. The standard InChI is InChI=1S/C18H20N4O4/c1-26-11-15(23)22-6-2-3-12(10-22)16-17(21-5-4-20-16)13-7-14(18(24)25)9-19-8-13/h4-5,7-9,12H,2-3,6,10-11H2,1H3,(H,24,25). The number of hydrogen-bond donors (Lipinski definition) is 1. The molecular weight excluding hydrogens is 336 g/mol. The highest BCUT2D eigenvalue weighted by Gasteiger charge is 2.28. The molecule has 1 aliphatic rings. The fraction of sp³-hybridized carbons (Fsp3) is 0.389. The highest BCUT2D eigenvalue weighted by molar-refractivity contribution is 5.88. The number of pyridine rings is 1. The Bertz CT molecular complexity index is 811. The van der Waals surface area contributed by atoms with Gasteiger partial charge in [0.2, 0.25) is 5.91 Å². The van der Waals surface area contributed by atoms with Gasteiger partial charge in [0.1, 0.15) is 6.61 Å². The van der Waals surface area contributed by atoms with E-state index in [1.165, 1.54) is 13.3 Å². The number of methoxy groups -OCH3 is 1. The lowest BCUT2D eigenvalue weighted by atomic mass is 9.91. The van der Waals surface area contributed by atoms with Crippen molar-refractivity contribution in [1.29, 1.82) is 0 Å². The number of amides is 1. The van der Waals surface area contributed by atoms with Crippen LogP contribution in [0.5, 0.6) is 0 Å². The number of aromatic nitrogens is 3. The van der Waals surface area contributed by atoms with Gasteiger partial charge in [-0.2, -0.15) is 0 Å². The largest absolute Gasteiger partial charge is 0.478 e. The summed E-state index contributed by atoms with van der Waals surface area (Å²) in [5.41, 5.74) is 2.06. The third-order valence-corrected chi connectivity index (χ3v) is 4.41. The summed E-state index contributed by atoms with van der Waals surface area (Å²) in [5.74, 6) is -1.06. The van der Waals surface area contributed by atoms with Crippen LogP contribution in [0.15, 0.2) is 30.9 Å². The zero-order valence-corrected chi connectivity index (χ0v) is 14.5. The summed E-state index contributed by atoms with van der Waals surface area (Å²) in [5, 5.41) is 9.19. The topological polar surface area (TPSA) is 106 Å². The Morgan fingerprint density at radius 1 is 1.31 bits per heavy atom. The van der Waals surface area contributed by atoms with Crippen LogP contribution in [0.1, 0.15) is 34.8 Å². The molecule has 1 N–H and O–H groups in total. The Hall–Kier alpha value is -2.87. The molecule has 26 heavy (non-hydrogen) atoms. The summed E-state index contributed by atoms with van der Waals surface area (Å²) < 4.78 is 4.94. The van der Waals surface area contributed by atoms with Gasteiger partial charge in [0.15, 0.2) is 0 Å². The highest BCUT2D eigenvalue weighted by atomic mass is 16.5. The monoisotopic (exact) mass is 356 g/mol. The summed E-state index contributed by atoms with van der Waals surface area (Å²) in [6.45, 7) is 1.30. The van der Waals surface area contributed by atoms with E-state index in [0.717, 1.165) is 18.5 Å². The molecule has 0 aromatic carbocycles. The second-order valence-electron chi connectivity index (χ2n) is 6.17. The third kappa shape index (κ3) is 3.85. The molecule has 0 saturated carbocycles.